The fourth-order valence-corrected chi connectivity index (χ4v) is 4.16. The Kier molecular flexibility index (Phi) is 4.87. The predicted octanol–water partition coefficient (Wildman–Crippen LogP) is 2.65. The van der Waals surface area contributed by atoms with Crippen molar-refractivity contribution in [2.24, 2.45) is 0 Å². The number of likely N-dealkylation sites (N-methyl/N-ethyl adjacent to an activating group) is 1. The molecular weight excluding hydrogens is 376 g/mol. The summed E-state index contributed by atoms with van der Waals surface area (Å²) in [6, 6.07) is 13.0. The maximum atomic E-state index is 13.1. The lowest BCUT2D eigenvalue weighted by Gasteiger charge is -2.47. The molecule has 2 atom stereocenters. The molecule has 3 heterocycles. The van der Waals surface area contributed by atoms with Gasteiger partial charge in [0.2, 0.25) is 0 Å². The minimum absolute atomic E-state index is 0.137. The van der Waals surface area contributed by atoms with Gasteiger partial charge in [0.15, 0.2) is 0 Å². The Bertz CT molecular complexity index is 1000. The van der Waals surface area contributed by atoms with Gasteiger partial charge in [0.05, 0.1) is 11.1 Å². The predicted molar refractivity (Wildman–Crippen MR) is 109 cm³/mol. The molecule has 1 aliphatic heterocycles. The highest BCUT2D eigenvalue weighted by molar-refractivity contribution is 6.30. The number of aliphatic hydroxyl groups is 1. The molecule has 7 heteroatoms. The minimum Gasteiger partial charge on any atom is -0.383 e. The highest BCUT2D eigenvalue weighted by atomic mass is 35.5. The topological polar surface area (TPSA) is 61.1 Å². The van der Waals surface area contributed by atoms with E-state index in [0.717, 1.165) is 5.56 Å². The Morgan fingerprint density at radius 3 is 2.68 bits per heavy atom. The molecule has 1 saturated heterocycles. The summed E-state index contributed by atoms with van der Waals surface area (Å²) in [5.41, 5.74) is 0.927. The molecule has 1 aromatic carbocycles. The monoisotopic (exact) mass is 398 g/mol. The van der Waals surface area contributed by atoms with Crippen LogP contribution in [0.1, 0.15) is 22.5 Å². The van der Waals surface area contributed by atoms with Gasteiger partial charge in [-0.15, -0.1) is 0 Å². The van der Waals surface area contributed by atoms with E-state index in [1.165, 1.54) is 0 Å². The number of carbonyl (C=O) groups is 1. The Morgan fingerprint density at radius 2 is 1.96 bits per heavy atom. The fourth-order valence-electron chi connectivity index (χ4n) is 3.99. The number of halogens is 1. The number of piperidine rings is 1. The van der Waals surface area contributed by atoms with E-state index >= 15 is 0 Å². The zero-order valence-corrected chi connectivity index (χ0v) is 16.7. The van der Waals surface area contributed by atoms with Crippen LogP contribution < -0.4 is 0 Å². The average Bonchev–Trinajstić information content (AvgIpc) is 3.11. The Labute approximate surface area is 169 Å². The van der Waals surface area contributed by atoms with Gasteiger partial charge < -0.3 is 19.3 Å². The number of nitrogens with zero attached hydrogens (tertiary/aromatic N) is 4. The van der Waals surface area contributed by atoms with E-state index in [2.05, 4.69) is 4.98 Å². The number of hydrogen-bond donors (Lipinski definition) is 1. The van der Waals surface area contributed by atoms with Gasteiger partial charge in [-0.1, -0.05) is 41.9 Å². The van der Waals surface area contributed by atoms with Crippen molar-refractivity contribution < 1.29 is 9.90 Å². The summed E-state index contributed by atoms with van der Waals surface area (Å²) < 4.78 is 1.75. The van der Waals surface area contributed by atoms with Gasteiger partial charge in [0.25, 0.3) is 5.91 Å². The lowest BCUT2D eigenvalue weighted by molar-refractivity contribution is -0.0811. The third-order valence-corrected chi connectivity index (χ3v) is 5.75. The van der Waals surface area contributed by atoms with E-state index in [4.69, 9.17) is 11.6 Å². The first kappa shape index (κ1) is 18.9. The molecule has 0 radical (unpaired) electrons. The second-order valence-corrected chi connectivity index (χ2v) is 7.95. The molecule has 4 rings (SSSR count). The number of fused-ring (bicyclic) bond motifs is 1. The fraction of sp³-hybridized carbons (Fsp3) is 0.333. The summed E-state index contributed by atoms with van der Waals surface area (Å²) in [7, 11) is 3.86. The van der Waals surface area contributed by atoms with Crippen LogP contribution in [0.2, 0.25) is 5.02 Å². The van der Waals surface area contributed by atoms with Crippen LogP contribution in [-0.4, -0.2) is 63.4 Å². The summed E-state index contributed by atoms with van der Waals surface area (Å²) in [4.78, 5) is 21.3. The first-order chi connectivity index (χ1) is 13.4. The molecule has 0 bridgehead atoms. The molecule has 146 valence electrons. The zero-order chi connectivity index (χ0) is 19.9. The van der Waals surface area contributed by atoms with Crippen LogP contribution in [0.4, 0.5) is 0 Å². The van der Waals surface area contributed by atoms with E-state index in [0.29, 0.717) is 35.9 Å². The van der Waals surface area contributed by atoms with Crippen LogP contribution in [-0.2, 0) is 5.60 Å². The Morgan fingerprint density at radius 1 is 1.21 bits per heavy atom. The van der Waals surface area contributed by atoms with Crippen molar-refractivity contribution >= 4 is 23.2 Å². The second kappa shape index (κ2) is 7.20. The van der Waals surface area contributed by atoms with Gasteiger partial charge in [-0.25, -0.2) is 4.98 Å². The molecule has 0 saturated carbocycles. The largest absolute Gasteiger partial charge is 0.383 e. The first-order valence-electron chi connectivity index (χ1n) is 9.26. The Hall–Kier alpha value is -2.41. The molecule has 6 nitrogen and oxygen atoms in total. The van der Waals surface area contributed by atoms with Crippen molar-refractivity contribution in [2.45, 2.75) is 18.1 Å². The van der Waals surface area contributed by atoms with Crippen LogP contribution in [0.3, 0.4) is 0 Å². The third kappa shape index (κ3) is 3.28. The van der Waals surface area contributed by atoms with Crippen molar-refractivity contribution in [3.05, 3.63) is 71.1 Å². The molecule has 2 aromatic heterocycles. The maximum Gasteiger partial charge on any atom is 0.274 e. The molecule has 1 amide bonds. The molecular formula is C21H23ClN4O2. The Balaban J connectivity index is 1.61. The summed E-state index contributed by atoms with van der Waals surface area (Å²) >= 11 is 6.02. The van der Waals surface area contributed by atoms with Crippen molar-refractivity contribution in [1.82, 2.24) is 19.2 Å². The molecule has 0 aliphatic carbocycles. The molecule has 0 spiro atoms. The lowest BCUT2D eigenvalue weighted by Crippen LogP contribution is -2.60. The molecule has 1 aliphatic rings. The van der Waals surface area contributed by atoms with Crippen LogP contribution >= 0.6 is 11.6 Å². The average molecular weight is 399 g/mol. The number of carbonyl (C=O) groups excluding carboxylic acids is 1. The standard InChI is InChI=1S/C21H23ClN4O2/c1-24(2)18-14-25(11-10-21(18,28)15-6-4-3-5-7-15)20(27)17-13-26-12-16(22)8-9-19(26)23-17/h3-9,12-13,18,28H,10-11,14H2,1-2H3/t18-,21+/m1/s1. The van der Waals surface area contributed by atoms with Crippen LogP contribution in [0.15, 0.2) is 54.9 Å². The van der Waals surface area contributed by atoms with Gasteiger partial charge in [-0.3, -0.25) is 4.79 Å². The van der Waals surface area contributed by atoms with Gasteiger partial charge in [0.1, 0.15) is 16.9 Å². The highest BCUT2D eigenvalue weighted by Gasteiger charge is 2.45. The molecule has 28 heavy (non-hydrogen) atoms. The summed E-state index contributed by atoms with van der Waals surface area (Å²) in [5, 5.41) is 12.1. The van der Waals surface area contributed by atoms with Crippen molar-refractivity contribution in [3.63, 3.8) is 0 Å². The molecule has 1 N–H and O–H groups in total. The summed E-state index contributed by atoms with van der Waals surface area (Å²) in [5.74, 6) is -0.137. The number of rotatable bonds is 3. The van der Waals surface area contributed by atoms with E-state index in [9.17, 15) is 9.90 Å². The van der Waals surface area contributed by atoms with Crippen molar-refractivity contribution in [1.29, 1.82) is 0 Å². The number of hydrogen-bond acceptors (Lipinski definition) is 4. The van der Waals surface area contributed by atoms with Crippen LogP contribution in [0.25, 0.3) is 5.65 Å². The van der Waals surface area contributed by atoms with Gasteiger partial charge >= 0.3 is 0 Å². The van der Waals surface area contributed by atoms with E-state index in [1.807, 2.05) is 49.3 Å². The SMILES string of the molecule is CN(C)[C@@H]1CN(C(=O)c2cn3cc(Cl)ccc3n2)CC[C@]1(O)c1ccccc1. The smallest absolute Gasteiger partial charge is 0.274 e. The first-order valence-corrected chi connectivity index (χ1v) is 9.64. The normalized spacial score (nSPS) is 22.8. The molecule has 3 aromatic rings. The number of likely N-dealkylation sites (tertiary alicyclic amines) is 1. The minimum atomic E-state index is -1.01. The number of benzene rings is 1. The van der Waals surface area contributed by atoms with Gasteiger partial charge in [0, 0.05) is 25.5 Å². The quantitative estimate of drug-likeness (QED) is 0.736. The number of pyridine rings is 1. The van der Waals surface area contributed by atoms with E-state index in [-0.39, 0.29) is 11.9 Å². The summed E-state index contributed by atoms with van der Waals surface area (Å²) in [6.07, 6.45) is 3.89. The highest BCUT2D eigenvalue weighted by Crippen LogP contribution is 2.35. The summed E-state index contributed by atoms with van der Waals surface area (Å²) in [6.45, 7) is 0.884. The third-order valence-electron chi connectivity index (χ3n) is 5.53. The van der Waals surface area contributed by atoms with Crippen molar-refractivity contribution in [3.8, 4) is 0 Å². The maximum absolute atomic E-state index is 13.1. The zero-order valence-electron chi connectivity index (χ0n) is 15.9. The van der Waals surface area contributed by atoms with E-state index in [1.54, 1.807) is 33.8 Å². The lowest BCUT2D eigenvalue weighted by atomic mass is 9.79. The van der Waals surface area contributed by atoms with E-state index < -0.39 is 5.60 Å². The van der Waals surface area contributed by atoms with Crippen molar-refractivity contribution in [2.75, 3.05) is 27.2 Å². The molecule has 1 fully saturated rings. The second-order valence-electron chi connectivity index (χ2n) is 7.51. The molecule has 0 unspecified atom stereocenters. The van der Waals surface area contributed by atoms with Gasteiger partial charge in [-0.05, 0) is 38.2 Å². The number of amides is 1. The van der Waals surface area contributed by atoms with Crippen LogP contribution in [0.5, 0.6) is 0 Å². The number of aromatic nitrogens is 2. The van der Waals surface area contributed by atoms with Gasteiger partial charge in [-0.2, -0.15) is 0 Å². The number of imidazole rings is 1. The van der Waals surface area contributed by atoms with Crippen LogP contribution in [0, 0.1) is 0 Å².